The maximum Gasteiger partial charge on any atom is 0.271 e. The number of nitrogens with one attached hydrogen (secondary N) is 1. The first-order valence-corrected chi connectivity index (χ1v) is 9.47. The normalized spacial score (nSPS) is 12.1. The fraction of sp³-hybridized carbons (Fsp3) is 0.476. The molecule has 1 aromatic carbocycles. The van der Waals surface area contributed by atoms with Gasteiger partial charge in [-0.05, 0) is 38.8 Å². The quantitative estimate of drug-likeness (QED) is 0.749. The molecule has 0 saturated carbocycles. The van der Waals surface area contributed by atoms with Crippen LogP contribution in [0.5, 0.6) is 0 Å². The van der Waals surface area contributed by atoms with Crippen molar-refractivity contribution >= 4 is 16.8 Å². The van der Waals surface area contributed by atoms with E-state index in [0.717, 1.165) is 22.3 Å². The molecule has 6 heteroatoms. The van der Waals surface area contributed by atoms with Crippen molar-refractivity contribution in [2.24, 2.45) is 7.05 Å². The van der Waals surface area contributed by atoms with Crippen molar-refractivity contribution in [2.75, 3.05) is 6.54 Å². The van der Waals surface area contributed by atoms with Gasteiger partial charge in [0, 0.05) is 31.1 Å². The van der Waals surface area contributed by atoms with Crippen molar-refractivity contribution in [1.29, 1.82) is 0 Å². The molecule has 3 aromatic rings. The molecule has 0 aliphatic heterocycles. The molecular weight excluding hydrogens is 338 g/mol. The summed E-state index contributed by atoms with van der Waals surface area (Å²) in [6.45, 7) is 11.1. The summed E-state index contributed by atoms with van der Waals surface area (Å²) in [7, 11) is 1.94. The van der Waals surface area contributed by atoms with Crippen molar-refractivity contribution in [3.05, 3.63) is 47.4 Å². The van der Waals surface area contributed by atoms with E-state index < -0.39 is 0 Å². The number of hydrogen-bond donors (Lipinski definition) is 1. The van der Waals surface area contributed by atoms with Crippen LogP contribution in [0.3, 0.4) is 0 Å². The lowest BCUT2D eigenvalue weighted by atomic mass is 10.1. The minimum atomic E-state index is -0.162. The minimum absolute atomic E-state index is 0.139. The molecule has 0 spiro atoms. The Morgan fingerprint density at radius 1 is 1.19 bits per heavy atom. The molecule has 3 rings (SSSR count). The summed E-state index contributed by atoms with van der Waals surface area (Å²) in [6, 6.07) is 10.0. The molecule has 0 fully saturated rings. The molecule has 0 atom stereocenters. The first kappa shape index (κ1) is 19.1. The van der Waals surface area contributed by atoms with Crippen molar-refractivity contribution in [1.82, 2.24) is 24.9 Å². The van der Waals surface area contributed by atoms with Gasteiger partial charge in [0.15, 0.2) is 0 Å². The monoisotopic (exact) mass is 367 g/mol. The number of nitrogens with zero attached hydrogens (tertiary/aromatic N) is 4. The topological polar surface area (TPSA) is 64.7 Å². The molecule has 6 nitrogen and oxygen atoms in total. The van der Waals surface area contributed by atoms with E-state index in [2.05, 4.69) is 62.3 Å². The molecule has 0 aliphatic rings. The Kier molecular flexibility index (Phi) is 5.09. The SMILES string of the molecule is CC(C)c1cc(C(=O)NCCc2nn(C)c3ccccc23)nn1C(C)(C)C. The summed E-state index contributed by atoms with van der Waals surface area (Å²) < 4.78 is 3.84. The second-order valence-corrected chi connectivity index (χ2v) is 8.29. The summed E-state index contributed by atoms with van der Waals surface area (Å²) in [4.78, 5) is 12.6. The average Bonchev–Trinajstić information content (AvgIpc) is 3.18. The third kappa shape index (κ3) is 3.89. The lowest BCUT2D eigenvalue weighted by Gasteiger charge is -2.23. The highest BCUT2D eigenvalue weighted by Crippen LogP contribution is 2.23. The Morgan fingerprint density at radius 3 is 2.52 bits per heavy atom. The van der Waals surface area contributed by atoms with Crippen molar-refractivity contribution in [3.8, 4) is 0 Å². The van der Waals surface area contributed by atoms with Crippen LogP contribution in [-0.2, 0) is 19.0 Å². The largest absolute Gasteiger partial charge is 0.350 e. The molecule has 1 amide bonds. The van der Waals surface area contributed by atoms with Crippen LogP contribution in [0.4, 0.5) is 0 Å². The summed E-state index contributed by atoms with van der Waals surface area (Å²) in [5.41, 5.74) is 3.48. The van der Waals surface area contributed by atoms with E-state index in [4.69, 9.17) is 0 Å². The van der Waals surface area contributed by atoms with Crippen LogP contribution < -0.4 is 5.32 Å². The van der Waals surface area contributed by atoms with Crippen molar-refractivity contribution < 1.29 is 4.79 Å². The Hall–Kier alpha value is -2.63. The molecule has 2 aromatic heterocycles. The summed E-state index contributed by atoms with van der Waals surface area (Å²) in [5, 5.41) is 13.3. The number of fused-ring (bicyclic) bond motifs is 1. The molecule has 2 heterocycles. The lowest BCUT2D eigenvalue weighted by Crippen LogP contribution is -2.28. The second kappa shape index (κ2) is 7.18. The Bertz CT molecular complexity index is 959. The molecule has 144 valence electrons. The maximum atomic E-state index is 12.6. The van der Waals surface area contributed by atoms with Gasteiger partial charge >= 0.3 is 0 Å². The van der Waals surface area contributed by atoms with Gasteiger partial charge in [-0.1, -0.05) is 32.0 Å². The highest BCUT2D eigenvalue weighted by molar-refractivity contribution is 5.92. The fourth-order valence-corrected chi connectivity index (χ4v) is 3.31. The van der Waals surface area contributed by atoms with E-state index in [0.29, 0.717) is 24.6 Å². The van der Waals surface area contributed by atoms with E-state index in [1.54, 1.807) is 0 Å². The van der Waals surface area contributed by atoms with Gasteiger partial charge in [-0.15, -0.1) is 0 Å². The highest BCUT2D eigenvalue weighted by Gasteiger charge is 2.23. The number of rotatable bonds is 5. The predicted molar refractivity (Wildman–Crippen MR) is 108 cm³/mol. The van der Waals surface area contributed by atoms with Crippen molar-refractivity contribution in [2.45, 2.75) is 52.5 Å². The smallest absolute Gasteiger partial charge is 0.271 e. The van der Waals surface area contributed by atoms with Gasteiger partial charge in [-0.3, -0.25) is 14.2 Å². The first-order valence-electron chi connectivity index (χ1n) is 9.47. The Balaban J connectivity index is 1.71. The zero-order valence-electron chi connectivity index (χ0n) is 17.1. The Morgan fingerprint density at radius 2 is 1.89 bits per heavy atom. The molecular formula is C21H29N5O. The van der Waals surface area contributed by atoms with E-state index >= 15 is 0 Å². The zero-order valence-corrected chi connectivity index (χ0v) is 17.1. The van der Waals surface area contributed by atoms with Gasteiger partial charge in [-0.25, -0.2) is 0 Å². The van der Waals surface area contributed by atoms with Crippen LogP contribution in [0, 0.1) is 0 Å². The number of amides is 1. The van der Waals surface area contributed by atoms with Crippen LogP contribution >= 0.6 is 0 Å². The van der Waals surface area contributed by atoms with Crippen LogP contribution in [-0.4, -0.2) is 32.0 Å². The third-order valence-electron chi connectivity index (χ3n) is 4.68. The molecule has 0 bridgehead atoms. The van der Waals surface area contributed by atoms with Gasteiger partial charge < -0.3 is 5.32 Å². The molecule has 1 N–H and O–H groups in total. The molecule has 0 saturated heterocycles. The summed E-state index contributed by atoms with van der Waals surface area (Å²) >= 11 is 0. The number of aryl methyl sites for hydroxylation is 1. The van der Waals surface area contributed by atoms with Gasteiger partial charge in [-0.2, -0.15) is 10.2 Å². The summed E-state index contributed by atoms with van der Waals surface area (Å²) in [5.74, 6) is 0.165. The van der Waals surface area contributed by atoms with Gasteiger partial charge in [0.1, 0.15) is 5.69 Å². The lowest BCUT2D eigenvalue weighted by molar-refractivity contribution is 0.0947. The first-order chi connectivity index (χ1) is 12.7. The van der Waals surface area contributed by atoms with Crippen LogP contribution in [0.1, 0.15) is 62.4 Å². The summed E-state index contributed by atoms with van der Waals surface area (Å²) in [6.07, 6.45) is 0.685. The molecule has 0 radical (unpaired) electrons. The minimum Gasteiger partial charge on any atom is -0.350 e. The van der Waals surface area contributed by atoms with E-state index in [1.165, 1.54) is 0 Å². The van der Waals surface area contributed by atoms with E-state index in [-0.39, 0.29) is 11.4 Å². The van der Waals surface area contributed by atoms with Gasteiger partial charge in [0.25, 0.3) is 5.91 Å². The number of hydrogen-bond acceptors (Lipinski definition) is 3. The second-order valence-electron chi connectivity index (χ2n) is 8.29. The van der Waals surface area contributed by atoms with Crippen LogP contribution in [0.15, 0.2) is 30.3 Å². The maximum absolute atomic E-state index is 12.6. The molecule has 0 unspecified atom stereocenters. The number of para-hydroxylation sites is 1. The van der Waals surface area contributed by atoms with Crippen molar-refractivity contribution in [3.63, 3.8) is 0 Å². The number of carbonyl (C=O) groups excluding carboxylic acids is 1. The van der Waals surface area contributed by atoms with Crippen LogP contribution in [0.2, 0.25) is 0 Å². The molecule has 0 aliphatic carbocycles. The van der Waals surface area contributed by atoms with E-state index in [9.17, 15) is 4.79 Å². The average molecular weight is 367 g/mol. The number of carbonyl (C=O) groups is 1. The standard InChI is InChI=1S/C21H29N5O/c1-14(2)19-13-17(24-26(19)21(3,4)5)20(27)22-12-11-16-15-9-7-8-10-18(15)25(6)23-16/h7-10,13-14H,11-12H2,1-6H3,(H,22,27). The fourth-order valence-electron chi connectivity index (χ4n) is 3.31. The Labute approximate surface area is 160 Å². The van der Waals surface area contributed by atoms with E-state index in [1.807, 2.05) is 34.6 Å². The van der Waals surface area contributed by atoms with Gasteiger partial charge in [0.2, 0.25) is 0 Å². The van der Waals surface area contributed by atoms with Gasteiger partial charge in [0.05, 0.1) is 16.7 Å². The predicted octanol–water partition coefficient (Wildman–Crippen LogP) is 3.62. The van der Waals surface area contributed by atoms with Crippen LogP contribution in [0.25, 0.3) is 10.9 Å². The third-order valence-corrected chi connectivity index (χ3v) is 4.68. The zero-order chi connectivity index (χ0) is 19.8. The highest BCUT2D eigenvalue weighted by atomic mass is 16.1. The number of benzene rings is 1. The molecule has 27 heavy (non-hydrogen) atoms. The number of aromatic nitrogens is 4.